The zero-order valence-electron chi connectivity index (χ0n) is 11.2. The second kappa shape index (κ2) is 5.61. The van der Waals surface area contributed by atoms with E-state index in [0.717, 1.165) is 0 Å². The van der Waals surface area contributed by atoms with Gasteiger partial charge in [-0.05, 0) is 33.2 Å². The van der Waals surface area contributed by atoms with E-state index in [0.29, 0.717) is 18.7 Å². The summed E-state index contributed by atoms with van der Waals surface area (Å²) >= 11 is 0. The Labute approximate surface area is 106 Å². The van der Waals surface area contributed by atoms with Crippen LogP contribution in [0.25, 0.3) is 0 Å². The predicted octanol–water partition coefficient (Wildman–Crippen LogP) is 3.01. The number of alkyl halides is 3. The van der Waals surface area contributed by atoms with Crippen molar-refractivity contribution < 1.29 is 13.2 Å². The van der Waals surface area contributed by atoms with Gasteiger partial charge < -0.3 is 9.80 Å². The molecule has 0 aromatic heterocycles. The van der Waals surface area contributed by atoms with Gasteiger partial charge in [0.05, 0.1) is 5.56 Å². The topological polar surface area (TPSA) is 6.48 Å². The van der Waals surface area contributed by atoms with E-state index in [1.807, 2.05) is 19.0 Å². The molecule has 0 aliphatic carbocycles. The van der Waals surface area contributed by atoms with Gasteiger partial charge in [0, 0.05) is 25.8 Å². The van der Waals surface area contributed by atoms with E-state index < -0.39 is 11.7 Å². The third kappa shape index (κ3) is 3.91. The lowest BCUT2D eigenvalue weighted by atomic mass is 10.1. The van der Waals surface area contributed by atoms with Crippen LogP contribution < -0.4 is 4.90 Å². The largest absolute Gasteiger partial charge is 0.418 e. The van der Waals surface area contributed by atoms with Crippen LogP contribution in [0.1, 0.15) is 11.1 Å². The van der Waals surface area contributed by atoms with Crippen molar-refractivity contribution in [1.29, 1.82) is 0 Å². The molecule has 0 N–H and O–H groups in total. The average Bonchev–Trinajstić information content (AvgIpc) is 2.24. The van der Waals surface area contributed by atoms with Gasteiger partial charge in [0.2, 0.25) is 0 Å². The lowest BCUT2D eigenvalue weighted by Crippen LogP contribution is -2.30. The van der Waals surface area contributed by atoms with Crippen LogP contribution in [-0.2, 0) is 6.18 Å². The first-order chi connectivity index (χ1) is 8.21. The Balaban J connectivity index is 3.00. The van der Waals surface area contributed by atoms with Crippen molar-refractivity contribution in [2.75, 3.05) is 39.1 Å². The molecule has 18 heavy (non-hydrogen) atoms. The summed E-state index contributed by atoms with van der Waals surface area (Å²) in [6, 6.07) is 4.44. The Morgan fingerprint density at radius 2 is 1.67 bits per heavy atom. The molecule has 2 nitrogen and oxygen atoms in total. The Hall–Kier alpha value is -1.23. The normalized spacial score (nSPS) is 12.0. The van der Waals surface area contributed by atoms with Crippen LogP contribution >= 0.6 is 0 Å². The quantitative estimate of drug-likeness (QED) is 0.821. The van der Waals surface area contributed by atoms with Gasteiger partial charge in [0.1, 0.15) is 0 Å². The SMILES string of the molecule is Cc1ccc(N(C)CCN(C)C)c(C(F)(F)F)c1. The molecule has 0 spiro atoms. The molecule has 1 aromatic carbocycles. The molecule has 0 unspecified atom stereocenters. The standard InChI is InChI=1S/C13H19F3N2/c1-10-5-6-12(11(9-10)13(14,15)16)18(4)8-7-17(2)3/h5-6,9H,7-8H2,1-4H3. The lowest BCUT2D eigenvalue weighted by Gasteiger charge is -2.25. The monoisotopic (exact) mass is 260 g/mol. The molecule has 0 atom stereocenters. The third-order valence-corrected chi connectivity index (χ3v) is 2.75. The van der Waals surface area contributed by atoms with Crippen molar-refractivity contribution in [2.24, 2.45) is 0 Å². The first-order valence-electron chi connectivity index (χ1n) is 5.75. The summed E-state index contributed by atoms with van der Waals surface area (Å²) in [5.41, 5.74) is 0.283. The number of benzene rings is 1. The van der Waals surface area contributed by atoms with E-state index in [2.05, 4.69) is 0 Å². The molecule has 0 fully saturated rings. The first kappa shape index (κ1) is 14.8. The molecule has 0 aliphatic rings. The molecule has 102 valence electrons. The minimum atomic E-state index is -4.31. The number of aryl methyl sites for hydroxylation is 1. The van der Waals surface area contributed by atoms with Gasteiger partial charge >= 0.3 is 6.18 Å². The van der Waals surface area contributed by atoms with Gasteiger partial charge in [-0.3, -0.25) is 0 Å². The molecule has 0 radical (unpaired) electrons. The average molecular weight is 260 g/mol. The third-order valence-electron chi connectivity index (χ3n) is 2.75. The van der Waals surface area contributed by atoms with Crippen molar-refractivity contribution in [3.63, 3.8) is 0 Å². The van der Waals surface area contributed by atoms with Gasteiger partial charge in [-0.25, -0.2) is 0 Å². The predicted molar refractivity (Wildman–Crippen MR) is 68.0 cm³/mol. The summed E-state index contributed by atoms with van der Waals surface area (Å²) in [5.74, 6) is 0. The molecule has 0 bridgehead atoms. The number of halogens is 3. The lowest BCUT2D eigenvalue weighted by molar-refractivity contribution is -0.137. The number of hydrogen-bond donors (Lipinski definition) is 0. The summed E-state index contributed by atoms with van der Waals surface area (Å²) in [6.45, 7) is 2.93. The number of nitrogens with zero attached hydrogens (tertiary/aromatic N) is 2. The van der Waals surface area contributed by atoms with Crippen LogP contribution in [0.15, 0.2) is 18.2 Å². The summed E-state index contributed by atoms with van der Waals surface area (Å²) in [4.78, 5) is 3.58. The molecule has 0 aliphatic heterocycles. The fourth-order valence-electron chi connectivity index (χ4n) is 1.68. The molecule has 0 saturated heterocycles. The van der Waals surface area contributed by atoms with Crippen LogP contribution in [0.3, 0.4) is 0 Å². The maximum absolute atomic E-state index is 13.0. The van der Waals surface area contributed by atoms with Crippen LogP contribution in [0.4, 0.5) is 18.9 Å². The summed E-state index contributed by atoms with van der Waals surface area (Å²) < 4.78 is 38.9. The highest BCUT2D eigenvalue weighted by atomic mass is 19.4. The molecule has 1 rings (SSSR count). The van der Waals surface area contributed by atoms with Gasteiger partial charge in [0.15, 0.2) is 0 Å². The zero-order chi connectivity index (χ0) is 13.9. The summed E-state index contributed by atoms with van der Waals surface area (Å²) in [7, 11) is 5.48. The van der Waals surface area contributed by atoms with Gasteiger partial charge in [-0.2, -0.15) is 13.2 Å². The second-order valence-electron chi connectivity index (χ2n) is 4.74. The van der Waals surface area contributed by atoms with Crippen LogP contribution in [0.5, 0.6) is 0 Å². The zero-order valence-corrected chi connectivity index (χ0v) is 11.2. The minimum absolute atomic E-state index is 0.231. The highest BCUT2D eigenvalue weighted by Gasteiger charge is 2.34. The summed E-state index contributed by atoms with van der Waals surface area (Å²) in [5, 5.41) is 0. The molecular formula is C13H19F3N2. The van der Waals surface area contributed by atoms with Gasteiger partial charge in [0.25, 0.3) is 0 Å². The highest BCUT2D eigenvalue weighted by Crippen LogP contribution is 2.36. The Bertz CT molecular complexity index is 400. The summed E-state index contributed by atoms with van der Waals surface area (Å²) in [6.07, 6.45) is -4.31. The highest BCUT2D eigenvalue weighted by molar-refractivity contribution is 5.55. The number of hydrogen-bond acceptors (Lipinski definition) is 2. The Morgan fingerprint density at radius 3 is 2.17 bits per heavy atom. The van der Waals surface area contributed by atoms with Gasteiger partial charge in [-0.15, -0.1) is 0 Å². The van der Waals surface area contributed by atoms with Crippen molar-refractivity contribution in [2.45, 2.75) is 13.1 Å². The van der Waals surface area contributed by atoms with E-state index in [1.165, 1.54) is 12.1 Å². The maximum atomic E-state index is 13.0. The van der Waals surface area contributed by atoms with E-state index in [-0.39, 0.29) is 5.69 Å². The number of rotatable bonds is 4. The van der Waals surface area contributed by atoms with Gasteiger partial charge in [-0.1, -0.05) is 11.6 Å². The van der Waals surface area contributed by atoms with Crippen LogP contribution in [-0.4, -0.2) is 39.1 Å². The fourth-order valence-corrected chi connectivity index (χ4v) is 1.68. The number of anilines is 1. The molecule has 0 saturated carbocycles. The van der Waals surface area contributed by atoms with Crippen LogP contribution in [0, 0.1) is 6.92 Å². The van der Waals surface area contributed by atoms with E-state index in [4.69, 9.17) is 0 Å². The molecule has 0 amide bonds. The Morgan fingerprint density at radius 1 is 1.06 bits per heavy atom. The van der Waals surface area contributed by atoms with Crippen molar-refractivity contribution in [3.05, 3.63) is 29.3 Å². The minimum Gasteiger partial charge on any atom is -0.373 e. The van der Waals surface area contributed by atoms with Crippen molar-refractivity contribution in [3.8, 4) is 0 Å². The molecule has 0 heterocycles. The second-order valence-corrected chi connectivity index (χ2v) is 4.74. The first-order valence-corrected chi connectivity index (χ1v) is 5.75. The van der Waals surface area contributed by atoms with E-state index in [1.54, 1.807) is 24.9 Å². The smallest absolute Gasteiger partial charge is 0.373 e. The maximum Gasteiger partial charge on any atom is 0.418 e. The van der Waals surface area contributed by atoms with E-state index >= 15 is 0 Å². The van der Waals surface area contributed by atoms with Crippen molar-refractivity contribution in [1.82, 2.24) is 4.90 Å². The molecule has 1 aromatic rings. The molecule has 5 heteroatoms. The number of likely N-dealkylation sites (N-methyl/N-ethyl adjacent to an activating group) is 2. The Kier molecular flexibility index (Phi) is 4.62. The molecular weight excluding hydrogens is 241 g/mol. The fraction of sp³-hybridized carbons (Fsp3) is 0.538. The van der Waals surface area contributed by atoms with Crippen LogP contribution in [0.2, 0.25) is 0 Å². The van der Waals surface area contributed by atoms with Crippen molar-refractivity contribution >= 4 is 5.69 Å². The van der Waals surface area contributed by atoms with E-state index in [9.17, 15) is 13.2 Å².